The van der Waals surface area contributed by atoms with Gasteiger partial charge in [-0.25, -0.2) is 21.8 Å². The summed E-state index contributed by atoms with van der Waals surface area (Å²) in [6.45, 7) is 6.32. The van der Waals surface area contributed by atoms with Crippen LogP contribution in [0.2, 0.25) is 0 Å². The fourth-order valence-electron chi connectivity index (χ4n) is 1.24. The van der Waals surface area contributed by atoms with Gasteiger partial charge >= 0.3 is 59.1 Å². The fraction of sp³-hybridized carbons (Fsp3) is 0. The SMILES string of the molecule is C=C(N(NS(=O)(=O)c1ccccc1)C(=C)S(=O)O[O-])S(=O)O[O-].[Na+].[Na+]. The van der Waals surface area contributed by atoms with Gasteiger partial charge in [0, 0.05) is 0 Å². The molecule has 2 unspecified atom stereocenters. The van der Waals surface area contributed by atoms with Crippen molar-refractivity contribution in [2.45, 2.75) is 4.90 Å². The molecule has 0 spiro atoms. The van der Waals surface area contributed by atoms with Crippen LogP contribution >= 0.6 is 0 Å². The van der Waals surface area contributed by atoms with Crippen LogP contribution in [-0.2, 0) is 40.9 Å². The normalized spacial score (nSPS) is 12.9. The minimum atomic E-state index is -4.26. The second-order valence-corrected chi connectivity index (χ2v) is 7.45. The van der Waals surface area contributed by atoms with Crippen LogP contribution in [0.3, 0.4) is 0 Å². The summed E-state index contributed by atoms with van der Waals surface area (Å²) in [6.07, 6.45) is 0. The van der Waals surface area contributed by atoms with Crippen LogP contribution in [0.1, 0.15) is 0 Å². The summed E-state index contributed by atoms with van der Waals surface area (Å²) in [5.41, 5.74) is 0. The molecule has 1 rings (SSSR count). The Balaban J connectivity index is 0. The number of hydrogen-bond donors (Lipinski definition) is 1. The summed E-state index contributed by atoms with van der Waals surface area (Å²) in [7, 11) is -4.26. The molecular weight excluding hydrogens is 418 g/mol. The maximum atomic E-state index is 12.2. The van der Waals surface area contributed by atoms with E-state index in [1.807, 2.05) is 4.83 Å². The van der Waals surface area contributed by atoms with E-state index in [9.17, 15) is 27.4 Å². The van der Waals surface area contributed by atoms with Gasteiger partial charge in [-0.1, -0.05) is 31.4 Å². The molecule has 0 bridgehead atoms. The van der Waals surface area contributed by atoms with Crippen molar-refractivity contribution in [2.24, 2.45) is 0 Å². The molecule has 0 radical (unpaired) electrons. The predicted molar refractivity (Wildman–Crippen MR) is 75.3 cm³/mol. The van der Waals surface area contributed by atoms with Crippen LogP contribution in [0.15, 0.2) is 58.4 Å². The number of hydrogen-bond acceptors (Lipinski definition) is 9. The summed E-state index contributed by atoms with van der Waals surface area (Å²) in [5.74, 6) is 0. The minimum absolute atomic E-state index is 0. The van der Waals surface area contributed by atoms with Crippen LogP contribution in [0.25, 0.3) is 0 Å². The summed E-state index contributed by atoms with van der Waals surface area (Å²) in [5, 5.41) is 19.2. The van der Waals surface area contributed by atoms with Gasteiger partial charge in [-0.2, -0.15) is 0 Å². The van der Waals surface area contributed by atoms with Gasteiger partial charge in [-0.15, -0.1) is 4.83 Å². The third kappa shape index (κ3) is 7.98. The van der Waals surface area contributed by atoms with E-state index in [4.69, 9.17) is 0 Å². The zero-order chi connectivity index (χ0) is 17.6. The predicted octanol–water partition coefficient (Wildman–Crippen LogP) is -7.96. The molecule has 0 saturated carbocycles. The number of nitrogens with zero attached hydrogens (tertiary/aromatic N) is 1. The van der Waals surface area contributed by atoms with Crippen molar-refractivity contribution in [1.29, 1.82) is 0 Å². The van der Waals surface area contributed by atoms with Crippen LogP contribution in [0.4, 0.5) is 0 Å². The summed E-state index contributed by atoms with van der Waals surface area (Å²) < 4.78 is 53.6. The third-order valence-electron chi connectivity index (χ3n) is 2.27. The van der Waals surface area contributed by atoms with E-state index in [1.54, 1.807) is 6.07 Å². The van der Waals surface area contributed by atoms with Gasteiger partial charge < -0.3 is 19.2 Å². The molecule has 0 saturated heterocycles. The molecule has 15 heteroatoms. The summed E-state index contributed by atoms with van der Waals surface area (Å²) >= 11 is -5.47. The molecule has 2 atom stereocenters. The molecule has 0 amide bonds. The van der Waals surface area contributed by atoms with Gasteiger partial charge in [-0.05, 0) is 12.1 Å². The van der Waals surface area contributed by atoms with Gasteiger partial charge in [0.25, 0.3) is 10.0 Å². The van der Waals surface area contributed by atoms with E-state index in [0.717, 1.165) is 0 Å². The Morgan fingerprint density at radius 1 is 1.00 bits per heavy atom. The molecule has 0 aliphatic rings. The molecule has 0 fully saturated rings. The average Bonchev–Trinajstić information content (AvgIpc) is 2.57. The second-order valence-electron chi connectivity index (χ2n) is 3.64. The van der Waals surface area contributed by atoms with Crippen molar-refractivity contribution < 1.29 is 95.1 Å². The van der Waals surface area contributed by atoms with Crippen molar-refractivity contribution in [1.82, 2.24) is 9.84 Å². The maximum absolute atomic E-state index is 12.2. The zero-order valence-electron chi connectivity index (χ0n) is 13.2. The van der Waals surface area contributed by atoms with Crippen LogP contribution in [-0.4, -0.2) is 21.8 Å². The molecule has 1 N–H and O–H groups in total. The van der Waals surface area contributed by atoms with E-state index in [-0.39, 0.29) is 64.0 Å². The van der Waals surface area contributed by atoms with Crippen molar-refractivity contribution in [3.05, 3.63) is 53.5 Å². The molecule has 1 aromatic rings. The van der Waals surface area contributed by atoms with Gasteiger partial charge in [0.05, 0.1) is 4.90 Å². The number of nitrogens with one attached hydrogen (secondary N) is 1. The van der Waals surface area contributed by atoms with Gasteiger partial charge in [0.15, 0.2) is 22.2 Å². The quantitative estimate of drug-likeness (QED) is 0.230. The van der Waals surface area contributed by atoms with Gasteiger partial charge in [-0.3, -0.25) is 0 Å². The molecule has 128 valence electrons. The summed E-state index contributed by atoms with van der Waals surface area (Å²) in [4.78, 5) is 1.61. The average molecular weight is 428 g/mol. The summed E-state index contributed by atoms with van der Waals surface area (Å²) in [6, 6.07) is 6.89. The van der Waals surface area contributed by atoms with Crippen molar-refractivity contribution in [3.63, 3.8) is 0 Å². The Labute approximate surface area is 193 Å². The van der Waals surface area contributed by atoms with Crippen molar-refractivity contribution in [3.8, 4) is 0 Å². The van der Waals surface area contributed by atoms with E-state index < -0.39 is 42.2 Å². The van der Waals surface area contributed by atoms with Crippen molar-refractivity contribution in [2.75, 3.05) is 0 Å². The van der Waals surface area contributed by atoms with Crippen LogP contribution in [0.5, 0.6) is 0 Å². The topological polar surface area (TPSA) is 148 Å². The van der Waals surface area contributed by atoms with E-state index >= 15 is 0 Å². The Morgan fingerprint density at radius 2 is 1.40 bits per heavy atom. The number of benzene rings is 1. The smallest absolute Gasteiger partial charge is 0.708 e. The Hall–Kier alpha value is 0.550. The first-order chi connectivity index (χ1) is 10.7. The first kappa shape index (κ1) is 27.8. The molecule has 0 aliphatic heterocycles. The first-order valence-corrected chi connectivity index (χ1v) is 9.07. The standard InChI is InChI=1S/C10H12N2O8S3.2Na/c1-8(21(15)19-13)12(9(2)22(16)20-14)11-23(17,18)10-6-4-3-5-7-10;;/h3-7,11,13-14H,1-2H2;;/q;2*+1/p-2. The Bertz CT molecular complexity index is 716. The Morgan fingerprint density at radius 3 is 1.76 bits per heavy atom. The molecule has 10 nitrogen and oxygen atoms in total. The van der Waals surface area contributed by atoms with Crippen LogP contribution < -0.4 is 74.5 Å². The molecular formula is C10H10N2Na2O8S3. The first-order valence-electron chi connectivity index (χ1n) is 5.44. The zero-order valence-corrected chi connectivity index (χ0v) is 19.7. The third-order valence-corrected chi connectivity index (χ3v) is 4.97. The number of sulfonamides is 1. The minimum Gasteiger partial charge on any atom is -0.708 e. The van der Waals surface area contributed by atoms with Crippen molar-refractivity contribution >= 4 is 32.2 Å². The number of hydrazine groups is 1. The van der Waals surface area contributed by atoms with Crippen LogP contribution in [0, 0.1) is 0 Å². The Kier molecular flexibility index (Phi) is 14.3. The fourth-order valence-corrected chi connectivity index (χ4v) is 3.26. The molecule has 0 heterocycles. The monoisotopic (exact) mass is 428 g/mol. The van der Waals surface area contributed by atoms with E-state index in [0.29, 0.717) is 5.01 Å². The van der Waals surface area contributed by atoms with E-state index in [1.165, 1.54) is 24.3 Å². The number of rotatable bonds is 9. The molecule has 1 aromatic carbocycles. The van der Waals surface area contributed by atoms with E-state index in [2.05, 4.69) is 21.8 Å². The van der Waals surface area contributed by atoms with Gasteiger partial charge in [0.2, 0.25) is 0 Å². The van der Waals surface area contributed by atoms with Gasteiger partial charge in [0.1, 0.15) is 10.1 Å². The molecule has 25 heavy (non-hydrogen) atoms. The molecule has 0 aromatic heterocycles. The maximum Gasteiger partial charge on any atom is 1.00 e. The molecule has 0 aliphatic carbocycles. The second kappa shape index (κ2) is 12.9. The largest absolute Gasteiger partial charge is 1.00 e.